The minimum atomic E-state index is -1.30. The van der Waals surface area contributed by atoms with Crippen molar-refractivity contribution in [2.24, 2.45) is 5.41 Å². The van der Waals surface area contributed by atoms with Crippen LogP contribution in [-0.2, 0) is 16.1 Å². The first kappa shape index (κ1) is 20.8. The predicted octanol–water partition coefficient (Wildman–Crippen LogP) is 3.56. The summed E-state index contributed by atoms with van der Waals surface area (Å²) in [5, 5.41) is 0. The molecule has 1 saturated heterocycles. The van der Waals surface area contributed by atoms with E-state index in [4.69, 9.17) is 4.74 Å². The minimum absolute atomic E-state index is 0.223. The fourth-order valence-corrected chi connectivity index (χ4v) is 4.63. The third kappa shape index (κ3) is 5.01. The molecule has 0 bridgehead atoms. The number of nitrogens with one attached hydrogen (secondary N) is 1. The Morgan fingerprint density at radius 3 is 2.24 bits per heavy atom. The van der Waals surface area contributed by atoms with Gasteiger partial charge in [-0.25, -0.2) is 9.18 Å². The lowest BCUT2D eigenvalue weighted by Crippen LogP contribution is -2.56. The first-order chi connectivity index (χ1) is 11.3. The quantitative estimate of drug-likeness (QED) is 0.749. The van der Waals surface area contributed by atoms with Crippen LogP contribution in [0, 0.1) is 5.41 Å². The SMILES string of the molecule is CC(C)(C)OC(=O)N1CCC2(CC[C@@H](F)[C@@H]2N[S+]([O-])C(C)(C)C)CC1. The Balaban J connectivity index is 2.01. The molecule has 2 rings (SSSR count). The molecular formula is C18H33FN2O3S. The zero-order valence-electron chi connectivity index (χ0n) is 16.4. The van der Waals surface area contributed by atoms with Crippen molar-refractivity contribution in [2.75, 3.05) is 13.1 Å². The van der Waals surface area contributed by atoms with Gasteiger partial charge in [0.2, 0.25) is 0 Å². The molecule has 2 aliphatic rings. The Bertz CT molecular complexity index is 482. The summed E-state index contributed by atoms with van der Waals surface area (Å²) in [6.07, 6.45) is 1.40. The Hall–Kier alpha value is -0.530. The van der Waals surface area contributed by atoms with Gasteiger partial charge in [0.15, 0.2) is 0 Å². The second kappa shape index (κ2) is 7.24. The lowest BCUT2D eigenvalue weighted by atomic mass is 9.74. The summed E-state index contributed by atoms with van der Waals surface area (Å²) >= 11 is -1.30. The topological polar surface area (TPSA) is 64.6 Å². The molecule has 146 valence electrons. The van der Waals surface area contributed by atoms with Crippen molar-refractivity contribution in [3.63, 3.8) is 0 Å². The number of amides is 1. The number of hydrogen-bond acceptors (Lipinski definition) is 4. The number of nitrogens with zero attached hydrogens (tertiary/aromatic N) is 1. The van der Waals surface area contributed by atoms with E-state index in [0.717, 1.165) is 6.42 Å². The van der Waals surface area contributed by atoms with Crippen LogP contribution in [-0.4, -0.2) is 51.2 Å². The van der Waals surface area contributed by atoms with E-state index < -0.39 is 33.9 Å². The third-order valence-corrected chi connectivity index (χ3v) is 6.72. The van der Waals surface area contributed by atoms with Crippen molar-refractivity contribution in [3.8, 4) is 0 Å². The van der Waals surface area contributed by atoms with Crippen LogP contribution in [0.2, 0.25) is 0 Å². The number of carbonyl (C=O) groups is 1. The highest BCUT2D eigenvalue weighted by Crippen LogP contribution is 2.48. The van der Waals surface area contributed by atoms with Crippen LogP contribution in [0.1, 0.15) is 67.2 Å². The van der Waals surface area contributed by atoms with Crippen LogP contribution in [0.3, 0.4) is 0 Å². The average molecular weight is 377 g/mol. The molecule has 1 unspecified atom stereocenters. The van der Waals surface area contributed by atoms with E-state index in [1.807, 2.05) is 41.5 Å². The smallest absolute Gasteiger partial charge is 0.410 e. The van der Waals surface area contributed by atoms with Crippen molar-refractivity contribution < 1.29 is 18.5 Å². The van der Waals surface area contributed by atoms with Gasteiger partial charge in [-0.2, -0.15) is 0 Å². The first-order valence-corrected chi connectivity index (χ1v) is 10.3. The lowest BCUT2D eigenvalue weighted by Gasteiger charge is -2.43. The van der Waals surface area contributed by atoms with Gasteiger partial charge >= 0.3 is 6.09 Å². The molecular weight excluding hydrogens is 343 g/mol. The molecule has 1 N–H and O–H groups in total. The maximum Gasteiger partial charge on any atom is 0.410 e. The molecule has 7 heteroatoms. The van der Waals surface area contributed by atoms with Crippen molar-refractivity contribution in [1.29, 1.82) is 0 Å². The van der Waals surface area contributed by atoms with E-state index in [9.17, 15) is 13.7 Å². The molecule has 1 amide bonds. The first-order valence-electron chi connectivity index (χ1n) is 9.14. The zero-order valence-corrected chi connectivity index (χ0v) is 17.2. The van der Waals surface area contributed by atoms with Gasteiger partial charge in [0, 0.05) is 24.5 Å². The largest absolute Gasteiger partial charge is 0.598 e. The van der Waals surface area contributed by atoms with E-state index in [1.54, 1.807) is 4.90 Å². The summed E-state index contributed by atoms with van der Waals surface area (Å²) in [7, 11) is 0. The normalized spacial score (nSPS) is 28.2. The van der Waals surface area contributed by atoms with Gasteiger partial charge < -0.3 is 14.2 Å². The maximum atomic E-state index is 14.5. The van der Waals surface area contributed by atoms with Crippen molar-refractivity contribution >= 4 is 17.5 Å². The molecule has 1 spiro atoms. The molecule has 5 nitrogen and oxygen atoms in total. The second-order valence-corrected chi connectivity index (χ2v) is 11.4. The molecule has 1 aliphatic carbocycles. The van der Waals surface area contributed by atoms with Crippen LogP contribution < -0.4 is 4.72 Å². The molecule has 0 aromatic rings. The Kier molecular flexibility index (Phi) is 6.01. The Labute approximate surface area is 154 Å². The van der Waals surface area contributed by atoms with E-state index in [1.165, 1.54) is 0 Å². The summed E-state index contributed by atoms with van der Waals surface area (Å²) in [5.41, 5.74) is -0.740. The van der Waals surface area contributed by atoms with Gasteiger partial charge in [-0.15, -0.1) is 4.72 Å². The summed E-state index contributed by atoms with van der Waals surface area (Å²) in [5.74, 6) is 0. The highest BCUT2D eigenvalue weighted by molar-refractivity contribution is 7.90. The molecule has 25 heavy (non-hydrogen) atoms. The number of hydrogen-bond donors (Lipinski definition) is 1. The standard InChI is InChI=1S/C18H33FN2O3S/c1-16(2,3)24-15(22)21-11-9-18(10-12-21)8-7-13(19)14(18)20-25(23)17(4,5)6/h13-14,20H,7-12H2,1-6H3/t13-,14+,25?/m1/s1. The van der Waals surface area contributed by atoms with Crippen LogP contribution in [0.5, 0.6) is 0 Å². The Morgan fingerprint density at radius 2 is 1.76 bits per heavy atom. The average Bonchev–Trinajstić information content (AvgIpc) is 2.75. The van der Waals surface area contributed by atoms with E-state index >= 15 is 0 Å². The van der Waals surface area contributed by atoms with Crippen LogP contribution in [0.4, 0.5) is 9.18 Å². The molecule has 1 aliphatic heterocycles. The fraction of sp³-hybridized carbons (Fsp3) is 0.944. The predicted molar refractivity (Wildman–Crippen MR) is 98.4 cm³/mol. The summed E-state index contributed by atoms with van der Waals surface area (Å²) < 4.78 is 35.1. The Morgan fingerprint density at radius 1 is 1.20 bits per heavy atom. The molecule has 1 heterocycles. The summed E-state index contributed by atoms with van der Waals surface area (Å²) in [6.45, 7) is 12.3. The highest BCUT2D eigenvalue weighted by Gasteiger charge is 2.53. The highest BCUT2D eigenvalue weighted by atomic mass is 32.2. The molecule has 0 radical (unpaired) electrons. The lowest BCUT2D eigenvalue weighted by molar-refractivity contribution is 0.00682. The molecule has 1 saturated carbocycles. The van der Waals surface area contributed by atoms with Gasteiger partial charge in [-0.05, 0) is 72.6 Å². The molecule has 0 aromatic heterocycles. The van der Waals surface area contributed by atoms with Crippen LogP contribution in [0.25, 0.3) is 0 Å². The van der Waals surface area contributed by atoms with Crippen molar-refractivity contribution in [1.82, 2.24) is 9.62 Å². The zero-order chi connectivity index (χ0) is 19.0. The minimum Gasteiger partial charge on any atom is -0.598 e. The monoisotopic (exact) mass is 376 g/mol. The van der Waals surface area contributed by atoms with Crippen molar-refractivity contribution in [2.45, 2.75) is 89.8 Å². The third-order valence-electron chi connectivity index (χ3n) is 5.14. The van der Waals surface area contributed by atoms with E-state index in [0.29, 0.717) is 32.4 Å². The molecule has 2 fully saturated rings. The van der Waals surface area contributed by atoms with Gasteiger partial charge in [0.1, 0.15) is 16.5 Å². The van der Waals surface area contributed by atoms with Gasteiger partial charge in [0.25, 0.3) is 0 Å². The maximum absolute atomic E-state index is 14.5. The molecule has 0 aromatic carbocycles. The fourth-order valence-electron chi connectivity index (χ4n) is 3.64. The number of carbonyl (C=O) groups excluding carboxylic acids is 1. The van der Waals surface area contributed by atoms with Crippen LogP contribution >= 0.6 is 0 Å². The summed E-state index contributed by atoms with van der Waals surface area (Å²) in [4.78, 5) is 13.9. The number of ether oxygens (including phenoxy) is 1. The number of likely N-dealkylation sites (tertiary alicyclic amines) is 1. The van der Waals surface area contributed by atoms with E-state index in [2.05, 4.69) is 4.72 Å². The number of piperidine rings is 1. The van der Waals surface area contributed by atoms with Crippen LogP contribution in [0.15, 0.2) is 0 Å². The van der Waals surface area contributed by atoms with Gasteiger partial charge in [-0.1, -0.05) is 0 Å². The van der Waals surface area contributed by atoms with Gasteiger partial charge in [0.05, 0.1) is 6.04 Å². The number of rotatable bonds is 2. The van der Waals surface area contributed by atoms with Gasteiger partial charge in [-0.3, -0.25) is 0 Å². The van der Waals surface area contributed by atoms with Crippen molar-refractivity contribution in [3.05, 3.63) is 0 Å². The molecule has 3 atom stereocenters. The number of alkyl halides is 1. The second-order valence-electron chi connectivity index (χ2n) is 9.36. The number of halogens is 1. The van der Waals surface area contributed by atoms with E-state index in [-0.39, 0.29) is 11.5 Å². The summed E-state index contributed by atoms with van der Waals surface area (Å²) in [6, 6.07) is -0.409.